The van der Waals surface area contributed by atoms with E-state index in [2.05, 4.69) is 42.6 Å². The van der Waals surface area contributed by atoms with Crippen molar-refractivity contribution in [2.24, 2.45) is 0 Å². The molecule has 7 nitrogen and oxygen atoms in total. The minimum absolute atomic E-state index is 0.00906. The van der Waals surface area contributed by atoms with Crippen LogP contribution in [0.5, 0.6) is 0 Å². The van der Waals surface area contributed by atoms with Gasteiger partial charge in [-0.15, -0.1) is 0 Å². The van der Waals surface area contributed by atoms with Gasteiger partial charge >= 0.3 is 0 Å². The van der Waals surface area contributed by atoms with Crippen molar-refractivity contribution in [2.45, 2.75) is 19.4 Å². The molecule has 5 rings (SSSR count). The van der Waals surface area contributed by atoms with Crippen LogP contribution in [0.2, 0.25) is 0 Å². The predicted octanol–water partition coefficient (Wildman–Crippen LogP) is 3.86. The van der Waals surface area contributed by atoms with Gasteiger partial charge < -0.3 is 10.3 Å². The first-order valence-corrected chi connectivity index (χ1v) is 9.80. The summed E-state index contributed by atoms with van der Waals surface area (Å²) in [6.45, 7) is 1.99. The molecule has 0 saturated heterocycles. The molecule has 0 aliphatic heterocycles. The van der Waals surface area contributed by atoms with E-state index >= 15 is 0 Å². The standard InChI is InChI=1S/C23H20N6O/c1-14(11-15-5-3-2-4-6-15)25-23(30)22-26-19-12-17-18(13-20(19)27-22)28-29-21(17)16-7-9-24-10-8-16/h2-10,12-14H,11H2,1H3,(H,25,30)(H,26,27)(H,28,29). The monoisotopic (exact) mass is 396 g/mol. The third-order valence-electron chi connectivity index (χ3n) is 5.10. The van der Waals surface area contributed by atoms with Gasteiger partial charge in [0.1, 0.15) is 5.69 Å². The highest BCUT2D eigenvalue weighted by molar-refractivity contribution is 6.02. The summed E-state index contributed by atoms with van der Waals surface area (Å²) in [5.74, 6) is 0.0850. The van der Waals surface area contributed by atoms with Crippen LogP contribution in [-0.2, 0) is 6.42 Å². The van der Waals surface area contributed by atoms with Crippen LogP contribution in [0.4, 0.5) is 0 Å². The lowest BCUT2D eigenvalue weighted by Gasteiger charge is -2.12. The van der Waals surface area contributed by atoms with Gasteiger partial charge in [-0.25, -0.2) is 4.98 Å². The molecule has 0 bridgehead atoms. The first-order valence-electron chi connectivity index (χ1n) is 9.80. The van der Waals surface area contributed by atoms with E-state index < -0.39 is 0 Å². The summed E-state index contributed by atoms with van der Waals surface area (Å²) in [5.41, 5.74) is 5.37. The van der Waals surface area contributed by atoms with E-state index in [1.807, 2.05) is 49.4 Å². The summed E-state index contributed by atoms with van der Waals surface area (Å²) in [6, 6.07) is 17.8. The zero-order valence-corrected chi connectivity index (χ0v) is 16.4. The largest absolute Gasteiger partial charge is 0.347 e. The molecular weight excluding hydrogens is 376 g/mol. The van der Waals surface area contributed by atoms with E-state index in [-0.39, 0.29) is 11.9 Å². The molecule has 1 unspecified atom stereocenters. The topological polar surface area (TPSA) is 99.3 Å². The van der Waals surface area contributed by atoms with Gasteiger partial charge in [0.05, 0.1) is 16.6 Å². The number of rotatable bonds is 5. The Kier molecular flexibility index (Phi) is 4.48. The van der Waals surface area contributed by atoms with Crippen molar-refractivity contribution < 1.29 is 4.79 Å². The number of benzene rings is 2. The van der Waals surface area contributed by atoms with Crippen molar-refractivity contribution in [2.75, 3.05) is 0 Å². The van der Waals surface area contributed by atoms with Gasteiger partial charge in [0.2, 0.25) is 0 Å². The number of aromatic nitrogens is 5. The van der Waals surface area contributed by atoms with Crippen LogP contribution in [0.1, 0.15) is 23.1 Å². The van der Waals surface area contributed by atoms with Crippen molar-refractivity contribution in [1.29, 1.82) is 0 Å². The molecule has 2 aromatic carbocycles. The number of nitrogens with one attached hydrogen (secondary N) is 3. The zero-order valence-electron chi connectivity index (χ0n) is 16.4. The fourth-order valence-electron chi connectivity index (χ4n) is 3.67. The lowest BCUT2D eigenvalue weighted by atomic mass is 10.1. The Morgan fingerprint density at radius 3 is 2.67 bits per heavy atom. The summed E-state index contributed by atoms with van der Waals surface area (Å²) < 4.78 is 0. The highest BCUT2D eigenvalue weighted by atomic mass is 16.2. The normalized spacial score (nSPS) is 12.3. The van der Waals surface area contributed by atoms with E-state index in [0.29, 0.717) is 5.82 Å². The van der Waals surface area contributed by atoms with Crippen LogP contribution in [0, 0.1) is 0 Å². The van der Waals surface area contributed by atoms with E-state index in [4.69, 9.17) is 0 Å². The average molecular weight is 396 g/mol. The maximum absolute atomic E-state index is 12.7. The lowest BCUT2D eigenvalue weighted by molar-refractivity contribution is 0.0931. The molecule has 0 aliphatic rings. The average Bonchev–Trinajstić information content (AvgIpc) is 3.36. The first-order chi connectivity index (χ1) is 14.7. The lowest BCUT2D eigenvalue weighted by Crippen LogP contribution is -2.34. The predicted molar refractivity (Wildman–Crippen MR) is 116 cm³/mol. The SMILES string of the molecule is CC(Cc1ccccc1)NC(=O)c1nc2cc3c(-c4ccncc4)n[nH]c3cc2[nH]1. The van der Waals surface area contributed by atoms with Crippen LogP contribution in [0.15, 0.2) is 67.0 Å². The number of hydrogen-bond donors (Lipinski definition) is 3. The summed E-state index contributed by atoms with van der Waals surface area (Å²) in [4.78, 5) is 24.4. The Balaban J connectivity index is 1.41. The van der Waals surface area contributed by atoms with E-state index in [9.17, 15) is 4.79 Å². The number of amides is 1. The minimum atomic E-state index is -0.217. The van der Waals surface area contributed by atoms with Gasteiger partial charge in [-0.05, 0) is 43.2 Å². The Morgan fingerprint density at radius 1 is 1.07 bits per heavy atom. The molecule has 3 aromatic heterocycles. The highest BCUT2D eigenvalue weighted by Crippen LogP contribution is 2.28. The third kappa shape index (κ3) is 3.41. The number of pyridine rings is 1. The Morgan fingerprint density at radius 2 is 1.87 bits per heavy atom. The third-order valence-corrected chi connectivity index (χ3v) is 5.10. The second-order valence-corrected chi connectivity index (χ2v) is 7.37. The van der Waals surface area contributed by atoms with Crippen molar-refractivity contribution >= 4 is 27.8 Å². The first kappa shape index (κ1) is 18.1. The number of fused-ring (bicyclic) bond motifs is 2. The molecule has 1 atom stereocenters. The highest BCUT2D eigenvalue weighted by Gasteiger charge is 2.16. The van der Waals surface area contributed by atoms with Gasteiger partial charge in [0, 0.05) is 29.4 Å². The van der Waals surface area contributed by atoms with Gasteiger partial charge in [-0.3, -0.25) is 14.9 Å². The maximum atomic E-state index is 12.7. The molecule has 0 aliphatic carbocycles. The molecular formula is C23H20N6O. The van der Waals surface area contributed by atoms with E-state index in [1.54, 1.807) is 12.4 Å². The summed E-state index contributed by atoms with van der Waals surface area (Å²) >= 11 is 0. The van der Waals surface area contributed by atoms with Crippen LogP contribution in [0.25, 0.3) is 33.2 Å². The fourth-order valence-corrected chi connectivity index (χ4v) is 3.67. The van der Waals surface area contributed by atoms with Crippen LogP contribution >= 0.6 is 0 Å². The molecule has 3 N–H and O–H groups in total. The molecule has 30 heavy (non-hydrogen) atoms. The molecule has 3 heterocycles. The van der Waals surface area contributed by atoms with Crippen molar-refractivity contribution in [3.05, 3.63) is 78.4 Å². The molecule has 7 heteroatoms. The Bertz CT molecular complexity index is 1320. The number of hydrogen-bond acceptors (Lipinski definition) is 4. The number of carbonyl (C=O) groups excluding carboxylic acids is 1. The fraction of sp³-hybridized carbons (Fsp3) is 0.130. The number of carbonyl (C=O) groups is 1. The van der Waals surface area contributed by atoms with Gasteiger partial charge in [-0.2, -0.15) is 5.10 Å². The zero-order chi connectivity index (χ0) is 20.5. The molecule has 0 fully saturated rings. The molecule has 5 aromatic rings. The van der Waals surface area contributed by atoms with Gasteiger partial charge in [0.15, 0.2) is 5.82 Å². The van der Waals surface area contributed by atoms with Crippen molar-refractivity contribution in [3.8, 4) is 11.3 Å². The molecule has 0 radical (unpaired) electrons. The van der Waals surface area contributed by atoms with E-state index in [1.165, 1.54) is 5.56 Å². The van der Waals surface area contributed by atoms with Crippen molar-refractivity contribution in [3.63, 3.8) is 0 Å². The second kappa shape index (κ2) is 7.44. The quantitative estimate of drug-likeness (QED) is 0.420. The van der Waals surface area contributed by atoms with Crippen molar-refractivity contribution in [1.82, 2.24) is 30.5 Å². The summed E-state index contributed by atoms with van der Waals surface area (Å²) in [7, 11) is 0. The minimum Gasteiger partial charge on any atom is -0.347 e. The molecule has 148 valence electrons. The molecule has 0 spiro atoms. The maximum Gasteiger partial charge on any atom is 0.287 e. The molecule has 0 saturated carbocycles. The Labute approximate surface area is 172 Å². The smallest absolute Gasteiger partial charge is 0.287 e. The van der Waals surface area contributed by atoms with Crippen LogP contribution in [0.3, 0.4) is 0 Å². The van der Waals surface area contributed by atoms with Gasteiger partial charge in [-0.1, -0.05) is 30.3 Å². The summed E-state index contributed by atoms with van der Waals surface area (Å²) in [5, 5.41) is 11.5. The number of H-pyrrole nitrogens is 2. The summed E-state index contributed by atoms with van der Waals surface area (Å²) in [6.07, 6.45) is 4.24. The number of imidazole rings is 1. The van der Waals surface area contributed by atoms with E-state index in [0.717, 1.165) is 39.6 Å². The van der Waals surface area contributed by atoms with Crippen LogP contribution < -0.4 is 5.32 Å². The second-order valence-electron chi connectivity index (χ2n) is 7.37. The molecule has 1 amide bonds. The van der Waals surface area contributed by atoms with Gasteiger partial charge in [0.25, 0.3) is 5.91 Å². The number of aromatic amines is 2. The van der Waals surface area contributed by atoms with Crippen LogP contribution in [-0.4, -0.2) is 37.1 Å². The Hall–Kier alpha value is -4.00. The number of nitrogens with zero attached hydrogens (tertiary/aromatic N) is 3.